The molecule has 1 aliphatic heterocycles. The second kappa shape index (κ2) is 8.08. The Morgan fingerprint density at radius 2 is 1.76 bits per heavy atom. The van der Waals surface area contributed by atoms with E-state index in [9.17, 15) is 23.3 Å². The van der Waals surface area contributed by atoms with Crippen molar-refractivity contribution in [2.24, 2.45) is 0 Å². The lowest BCUT2D eigenvalue weighted by atomic mass is 10.1. The molecule has 3 rings (SSSR count). The fourth-order valence-corrected chi connectivity index (χ4v) is 3.93. The lowest BCUT2D eigenvalue weighted by Crippen LogP contribution is -2.49. The van der Waals surface area contributed by atoms with Crippen molar-refractivity contribution in [3.63, 3.8) is 0 Å². The molecule has 0 spiro atoms. The van der Waals surface area contributed by atoms with E-state index < -0.39 is 14.8 Å². The van der Waals surface area contributed by atoms with Crippen LogP contribution in [0.3, 0.4) is 0 Å². The Morgan fingerprint density at radius 1 is 1.10 bits per heavy atom. The Kier molecular flexibility index (Phi) is 5.73. The maximum atomic E-state index is 12.8. The van der Waals surface area contributed by atoms with Crippen LogP contribution in [0.1, 0.15) is 10.4 Å². The van der Waals surface area contributed by atoms with Gasteiger partial charge in [0.25, 0.3) is 11.6 Å². The van der Waals surface area contributed by atoms with E-state index in [1.54, 1.807) is 34.1 Å². The predicted octanol–water partition coefficient (Wildman–Crippen LogP) is 1.97. The highest BCUT2D eigenvalue weighted by Gasteiger charge is 2.28. The molecule has 2 aromatic carbocycles. The molecule has 1 aliphatic rings. The number of amides is 1. The fraction of sp³-hybridized carbons (Fsp3) is 0.316. The molecule has 0 bridgehead atoms. The monoisotopic (exact) mass is 419 g/mol. The smallest absolute Gasteiger partial charge is 0.293 e. The first-order valence-corrected chi connectivity index (χ1v) is 10.8. The summed E-state index contributed by atoms with van der Waals surface area (Å²) in [5.41, 5.74) is 0.538. The molecule has 0 atom stereocenters. The molecule has 29 heavy (non-hydrogen) atoms. The molecular formula is C19H21N3O6S. The zero-order chi connectivity index (χ0) is 21.2. The quantitative estimate of drug-likeness (QED) is 0.538. The van der Waals surface area contributed by atoms with Gasteiger partial charge in [0.15, 0.2) is 9.84 Å². The highest BCUT2D eigenvalue weighted by molar-refractivity contribution is 7.90. The van der Waals surface area contributed by atoms with Crippen LogP contribution in [0.2, 0.25) is 0 Å². The minimum absolute atomic E-state index is 0.0991. The molecule has 0 unspecified atom stereocenters. The largest absolute Gasteiger partial charge is 0.496 e. The number of carbonyl (C=O) groups excluding carboxylic acids is 1. The van der Waals surface area contributed by atoms with Crippen molar-refractivity contribution in [3.8, 4) is 5.75 Å². The number of carbonyl (C=O) groups is 1. The number of piperazine rings is 1. The molecular weight excluding hydrogens is 398 g/mol. The van der Waals surface area contributed by atoms with Gasteiger partial charge >= 0.3 is 0 Å². The lowest BCUT2D eigenvalue weighted by Gasteiger charge is -2.36. The summed E-state index contributed by atoms with van der Waals surface area (Å²) in [5, 5.41) is 11.5. The second-order valence-corrected chi connectivity index (χ2v) is 8.68. The van der Waals surface area contributed by atoms with E-state index in [1.807, 2.05) is 0 Å². The van der Waals surface area contributed by atoms with E-state index in [0.29, 0.717) is 43.2 Å². The van der Waals surface area contributed by atoms with Crippen molar-refractivity contribution in [3.05, 3.63) is 58.1 Å². The number of rotatable bonds is 5. The Morgan fingerprint density at radius 3 is 2.34 bits per heavy atom. The number of nitrogens with zero attached hydrogens (tertiary/aromatic N) is 3. The van der Waals surface area contributed by atoms with Gasteiger partial charge in [0, 0.05) is 38.5 Å². The third-order valence-electron chi connectivity index (χ3n) is 4.82. The summed E-state index contributed by atoms with van der Waals surface area (Å²) in [6.45, 7) is 1.53. The number of benzene rings is 2. The molecule has 9 nitrogen and oxygen atoms in total. The molecule has 0 N–H and O–H groups in total. The number of hydrogen-bond acceptors (Lipinski definition) is 7. The van der Waals surface area contributed by atoms with Gasteiger partial charge in [-0.3, -0.25) is 14.9 Å². The van der Waals surface area contributed by atoms with Gasteiger partial charge in [0.2, 0.25) is 0 Å². The van der Waals surface area contributed by atoms with E-state index in [1.165, 1.54) is 19.2 Å². The number of nitro groups is 1. The summed E-state index contributed by atoms with van der Waals surface area (Å²) in [6.07, 6.45) is 1.01. The van der Waals surface area contributed by atoms with Gasteiger partial charge in [-0.1, -0.05) is 12.1 Å². The highest BCUT2D eigenvalue weighted by Crippen LogP contribution is 2.32. The molecule has 1 fully saturated rings. The van der Waals surface area contributed by atoms with Crippen molar-refractivity contribution in [1.82, 2.24) is 4.90 Å². The van der Waals surface area contributed by atoms with Crippen LogP contribution in [-0.2, 0) is 9.84 Å². The van der Waals surface area contributed by atoms with Gasteiger partial charge in [0.1, 0.15) is 11.4 Å². The number of methoxy groups -OCH3 is 1. The van der Waals surface area contributed by atoms with Crippen LogP contribution in [-0.4, -0.2) is 63.7 Å². The second-order valence-electron chi connectivity index (χ2n) is 6.66. The van der Waals surface area contributed by atoms with Crippen molar-refractivity contribution in [1.29, 1.82) is 0 Å². The van der Waals surface area contributed by atoms with Crippen LogP contribution in [0, 0.1) is 10.1 Å². The molecule has 1 saturated heterocycles. The summed E-state index contributed by atoms with van der Waals surface area (Å²) >= 11 is 0. The predicted molar refractivity (Wildman–Crippen MR) is 107 cm³/mol. The third-order valence-corrected chi connectivity index (χ3v) is 5.93. The van der Waals surface area contributed by atoms with Crippen LogP contribution in [0.5, 0.6) is 5.75 Å². The van der Waals surface area contributed by atoms with E-state index in [-0.39, 0.29) is 16.5 Å². The number of anilines is 1. The summed E-state index contributed by atoms with van der Waals surface area (Å²) in [7, 11) is -2.05. The summed E-state index contributed by atoms with van der Waals surface area (Å²) in [4.78, 5) is 27.1. The van der Waals surface area contributed by atoms with Crippen LogP contribution >= 0.6 is 0 Å². The van der Waals surface area contributed by atoms with Gasteiger partial charge in [0.05, 0.1) is 22.5 Å². The molecule has 0 radical (unpaired) electrons. The molecule has 2 aromatic rings. The Hall–Kier alpha value is -3.14. The van der Waals surface area contributed by atoms with E-state index in [0.717, 1.165) is 12.3 Å². The number of ether oxygens (including phenoxy) is 1. The first kappa shape index (κ1) is 20.6. The maximum absolute atomic E-state index is 12.8. The fourth-order valence-electron chi connectivity index (χ4n) is 3.29. The Labute approximate surface area is 168 Å². The average Bonchev–Trinajstić information content (AvgIpc) is 2.72. The number of sulfone groups is 1. The Bertz CT molecular complexity index is 1050. The molecule has 154 valence electrons. The first-order chi connectivity index (χ1) is 13.7. The minimum Gasteiger partial charge on any atom is -0.496 e. The molecule has 0 saturated carbocycles. The van der Waals surface area contributed by atoms with Gasteiger partial charge in [-0.25, -0.2) is 8.42 Å². The van der Waals surface area contributed by atoms with E-state index in [2.05, 4.69) is 0 Å². The number of para-hydroxylation sites is 1. The van der Waals surface area contributed by atoms with Gasteiger partial charge in [-0.2, -0.15) is 0 Å². The third kappa shape index (κ3) is 4.32. The molecule has 1 heterocycles. The molecule has 10 heteroatoms. The first-order valence-electron chi connectivity index (χ1n) is 8.88. The SMILES string of the molecule is COc1ccccc1C(=O)N1CCN(c2ccc(S(C)(=O)=O)cc2[N+](=O)[O-])CC1. The van der Waals surface area contributed by atoms with Crippen LogP contribution < -0.4 is 9.64 Å². The van der Waals surface area contributed by atoms with Crippen molar-refractivity contribution in [2.45, 2.75) is 4.90 Å². The van der Waals surface area contributed by atoms with Crippen molar-refractivity contribution >= 4 is 27.1 Å². The van der Waals surface area contributed by atoms with Crippen LogP contribution in [0.25, 0.3) is 0 Å². The van der Waals surface area contributed by atoms with Crippen molar-refractivity contribution < 1.29 is 22.9 Å². The zero-order valence-electron chi connectivity index (χ0n) is 16.1. The van der Waals surface area contributed by atoms with Crippen molar-refractivity contribution in [2.75, 3.05) is 44.4 Å². The number of nitro benzene ring substituents is 1. The van der Waals surface area contributed by atoms with Gasteiger partial charge in [-0.15, -0.1) is 0 Å². The summed E-state index contributed by atoms with van der Waals surface area (Å²) in [6, 6.07) is 10.9. The molecule has 0 aromatic heterocycles. The minimum atomic E-state index is -3.55. The van der Waals surface area contributed by atoms with E-state index >= 15 is 0 Å². The van der Waals surface area contributed by atoms with Gasteiger partial charge < -0.3 is 14.5 Å². The molecule has 1 amide bonds. The van der Waals surface area contributed by atoms with Crippen LogP contribution in [0.4, 0.5) is 11.4 Å². The maximum Gasteiger partial charge on any atom is 0.293 e. The lowest BCUT2D eigenvalue weighted by molar-refractivity contribution is -0.384. The Balaban J connectivity index is 1.79. The number of hydrogen-bond donors (Lipinski definition) is 0. The summed E-state index contributed by atoms with van der Waals surface area (Å²) in [5.74, 6) is 0.330. The molecule has 0 aliphatic carbocycles. The normalized spacial score (nSPS) is 14.6. The topological polar surface area (TPSA) is 110 Å². The van der Waals surface area contributed by atoms with E-state index in [4.69, 9.17) is 4.74 Å². The highest BCUT2D eigenvalue weighted by atomic mass is 32.2. The summed E-state index contributed by atoms with van der Waals surface area (Å²) < 4.78 is 28.7. The standard InChI is InChI=1S/C19H21N3O6S/c1-28-18-6-4-3-5-15(18)19(23)21-11-9-20(10-12-21)16-8-7-14(29(2,26)27)13-17(16)22(24)25/h3-8,13H,9-12H2,1-2H3. The zero-order valence-corrected chi connectivity index (χ0v) is 16.9. The average molecular weight is 419 g/mol. The van der Waals surface area contributed by atoms with Gasteiger partial charge in [-0.05, 0) is 24.3 Å². The van der Waals surface area contributed by atoms with Crippen LogP contribution in [0.15, 0.2) is 47.4 Å².